The van der Waals surface area contributed by atoms with Crippen molar-refractivity contribution in [3.8, 4) is 0 Å². The number of nitrogens with one attached hydrogen (secondary N) is 2. The van der Waals surface area contributed by atoms with Crippen LogP contribution in [0.15, 0.2) is 0 Å². The molecule has 0 aliphatic carbocycles. The highest BCUT2D eigenvalue weighted by molar-refractivity contribution is 5.97. The smallest absolute Gasteiger partial charge is 0.316 e. The van der Waals surface area contributed by atoms with Gasteiger partial charge in [-0.2, -0.15) is 0 Å². The number of amides is 2. The highest BCUT2D eigenvalue weighted by Gasteiger charge is 2.37. The van der Waals surface area contributed by atoms with Crippen molar-refractivity contribution in [1.82, 2.24) is 10.6 Å². The minimum atomic E-state index is -1.15. The molecule has 0 heterocycles. The second kappa shape index (κ2) is 7.87. The summed E-state index contributed by atoms with van der Waals surface area (Å²) in [6, 6.07) is 0.0968. The number of carbonyl (C=O) groups excluding carboxylic acids is 2. The van der Waals surface area contributed by atoms with Crippen molar-refractivity contribution in [2.24, 2.45) is 11.3 Å². The topological polar surface area (TPSA) is 95.5 Å². The largest absolute Gasteiger partial charge is 0.481 e. The summed E-state index contributed by atoms with van der Waals surface area (Å²) in [7, 11) is 0. The number of hydrogen-bond donors (Lipinski definition) is 3. The Balaban J connectivity index is 4.28. The van der Waals surface area contributed by atoms with E-state index in [9.17, 15) is 14.4 Å². The van der Waals surface area contributed by atoms with E-state index in [4.69, 9.17) is 5.11 Å². The van der Waals surface area contributed by atoms with Gasteiger partial charge in [0.15, 0.2) is 0 Å². The molecule has 0 aliphatic rings. The van der Waals surface area contributed by atoms with Crippen LogP contribution in [0.2, 0.25) is 0 Å². The van der Waals surface area contributed by atoms with Gasteiger partial charge in [0.1, 0.15) is 5.92 Å². The first-order chi connectivity index (χ1) is 9.09. The fourth-order valence-electron chi connectivity index (χ4n) is 1.73. The van der Waals surface area contributed by atoms with Gasteiger partial charge in [-0.25, -0.2) is 0 Å². The van der Waals surface area contributed by atoms with Gasteiger partial charge >= 0.3 is 5.97 Å². The molecule has 0 aromatic rings. The zero-order valence-electron chi connectivity index (χ0n) is 12.9. The summed E-state index contributed by atoms with van der Waals surface area (Å²) in [5, 5.41) is 14.4. The lowest BCUT2D eigenvalue weighted by molar-refractivity contribution is -0.151. The minimum absolute atomic E-state index is 0.0968. The Kier molecular flexibility index (Phi) is 7.24. The van der Waals surface area contributed by atoms with Gasteiger partial charge in [-0.1, -0.05) is 27.7 Å². The number of aliphatic carboxylic acids is 1. The van der Waals surface area contributed by atoms with Gasteiger partial charge in [0.05, 0.1) is 0 Å². The molecule has 6 heteroatoms. The van der Waals surface area contributed by atoms with Crippen molar-refractivity contribution < 1.29 is 19.5 Å². The average molecular weight is 286 g/mol. The zero-order valence-corrected chi connectivity index (χ0v) is 12.9. The summed E-state index contributed by atoms with van der Waals surface area (Å²) in [4.78, 5) is 34.5. The van der Waals surface area contributed by atoms with Crippen molar-refractivity contribution in [2.45, 2.75) is 53.5 Å². The van der Waals surface area contributed by atoms with E-state index in [1.54, 1.807) is 20.8 Å². The first kappa shape index (κ1) is 18.4. The lowest BCUT2D eigenvalue weighted by Crippen LogP contribution is -2.44. The maximum Gasteiger partial charge on any atom is 0.316 e. The van der Waals surface area contributed by atoms with Crippen LogP contribution < -0.4 is 10.6 Å². The monoisotopic (exact) mass is 286 g/mol. The van der Waals surface area contributed by atoms with E-state index in [1.165, 1.54) is 0 Å². The van der Waals surface area contributed by atoms with Crippen LogP contribution in [0.4, 0.5) is 0 Å². The van der Waals surface area contributed by atoms with Crippen LogP contribution in [-0.4, -0.2) is 35.5 Å². The molecule has 0 saturated heterocycles. The molecule has 2 unspecified atom stereocenters. The molecular weight excluding hydrogens is 260 g/mol. The molecule has 0 aromatic carbocycles. The van der Waals surface area contributed by atoms with Gasteiger partial charge < -0.3 is 15.7 Å². The quantitative estimate of drug-likeness (QED) is 0.612. The number of carboxylic acid groups (broad SMARTS) is 1. The zero-order chi connectivity index (χ0) is 15.9. The Morgan fingerprint density at radius 2 is 1.75 bits per heavy atom. The molecule has 20 heavy (non-hydrogen) atoms. The summed E-state index contributed by atoms with van der Waals surface area (Å²) < 4.78 is 0. The number of carboxylic acids is 1. The van der Waals surface area contributed by atoms with Crippen LogP contribution in [0.1, 0.15) is 47.5 Å². The summed E-state index contributed by atoms with van der Waals surface area (Å²) in [5.41, 5.74) is -0.672. The first-order valence-corrected chi connectivity index (χ1v) is 6.89. The number of hydrogen-bond acceptors (Lipinski definition) is 3. The molecule has 0 saturated carbocycles. The fraction of sp³-hybridized carbons (Fsp3) is 0.786. The van der Waals surface area contributed by atoms with E-state index < -0.39 is 23.2 Å². The van der Waals surface area contributed by atoms with Crippen molar-refractivity contribution in [3.63, 3.8) is 0 Å². The van der Waals surface area contributed by atoms with E-state index in [0.717, 1.165) is 6.42 Å². The molecule has 0 radical (unpaired) electrons. The van der Waals surface area contributed by atoms with Crippen molar-refractivity contribution in [3.05, 3.63) is 0 Å². The van der Waals surface area contributed by atoms with Crippen molar-refractivity contribution in [1.29, 1.82) is 0 Å². The lowest BCUT2D eigenvalue weighted by atomic mass is 9.80. The van der Waals surface area contributed by atoms with E-state index in [1.807, 2.05) is 13.8 Å². The average Bonchev–Trinajstić information content (AvgIpc) is 2.25. The van der Waals surface area contributed by atoms with Crippen LogP contribution in [0.5, 0.6) is 0 Å². The first-order valence-electron chi connectivity index (χ1n) is 6.89. The normalized spacial score (nSPS) is 14.2. The Morgan fingerprint density at radius 3 is 2.15 bits per heavy atom. The third-order valence-corrected chi connectivity index (χ3v) is 3.05. The molecule has 0 aromatic heterocycles. The highest BCUT2D eigenvalue weighted by Crippen LogP contribution is 2.26. The number of carbonyl (C=O) groups is 3. The maximum atomic E-state index is 11.9. The van der Waals surface area contributed by atoms with E-state index in [2.05, 4.69) is 10.6 Å². The molecule has 2 atom stereocenters. The van der Waals surface area contributed by atoms with Crippen LogP contribution in [0.25, 0.3) is 0 Å². The molecule has 116 valence electrons. The molecule has 0 bridgehead atoms. The van der Waals surface area contributed by atoms with Gasteiger partial charge in [0.2, 0.25) is 11.8 Å². The third-order valence-electron chi connectivity index (χ3n) is 3.05. The van der Waals surface area contributed by atoms with Crippen LogP contribution in [0, 0.1) is 11.3 Å². The van der Waals surface area contributed by atoms with Gasteiger partial charge in [0, 0.05) is 19.0 Å². The Labute approximate surface area is 120 Å². The maximum absolute atomic E-state index is 11.9. The predicted octanol–water partition coefficient (Wildman–Crippen LogP) is 1.15. The molecular formula is C14H26N2O4. The lowest BCUT2D eigenvalue weighted by Gasteiger charge is -2.25. The highest BCUT2D eigenvalue weighted by atomic mass is 16.4. The molecule has 0 spiro atoms. The molecule has 0 rings (SSSR count). The minimum Gasteiger partial charge on any atom is -0.481 e. The van der Waals surface area contributed by atoms with Crippen LogP contribution >= 0.6 is 0 Å². The second-order valence-corrected chi connectivity index (χ2v) is 6.06. The van der Waals surface area contributed by atoms with Gasteiger partial charge in [0.25, 0.3) is 0 Å². The molecule has 0 fully saturated rings. The van der Waals surface area contributed by atoms with E-state index >= 15 is 0 Å². The van der Waals surface area contributed by atoms with Gasteiger partial charge in [-0.05, 0) is 18.8 Å². The van der Waals surface area contributed by atoms with Gasteiger partial charge in [-0.3, -0.25) is 14.4 Å². The Bertz CT molecular complexity index is 361. The van der Waals surface area contributed by atoms with E-state index in [-0.39, 0.29) is 24.9 Å². The van der Waals surface area contributed by atoms with Crippen molar-refractivity contribution in [2.75, 3.05) is 6.54 Å². The Morgan fingerprint density at radius 1 is 1.20 bits per heavy atom. The molecule has 6 nitrogen and oxygen atoms in total. The summed E-state index contributed by atoms with van der Waals surface area (Å²) in [5.74, 6) is -2.98. The molecule has 2 amide bonds. The predicted molar refractivity (Wildman–Crippen MR) is 76.1 cm³/mol. The van der Waals surface area contributed by atoms with Gasteiger partial charge in [-0.15, -0.1) is 0 Å². The van der Waals surface area contributed by atoms with E-state index in [0.29, 0.717) is 0 Å². The van der Waals surface area contributed by atoms with Crippen LogP contribution in [0.3, 0.4) is 0 Å². The number of rotatable bonds is 7. The standard InChI is InChI=1S/C14H26N2O4/c1-6-9(2)16-10(17)7-8-15-12(18)11(13(19)20)14(3,4)5/h9,11H,6-8H2,1-5H3,(H,15,18)(H,16,17)(H,19,20). The SMILES string of the molecule is CCC(C)NC(=O)CCNC(=O)C(C(=O)O)C(C)(C)C. The van der Waals surface area contributed by atoms with Crippen LogP contribution in [-0.2, 0) is 14.4 Å². The summed E-state index contributed by atoms with van der Waals surface area (Å²) >= 11 is 0. The Hall–Kier alpha value is -1.59. The third kappa shape index (κ3) is 6.54. The second-order valence-electron chi connectivity index (χ2n) is 6.06. The van der Waals surface area contributed by atoms with Crippen molar-refractivity contribution >= 4 is 17.8 Å². The summed E-state index contributed by atoms with van der Waals surface area (Å²) in [6.45, 7) is 9.09. The fourth-order valence-corrected chi connectivity index (χ4v) is 1.73. The molecule has 3 N–H and O–H groups in total. The summed E-state index contributed by atoms with van der Waals surface area (Å²) in [6.07, 6.45) is 0.982. The molecule has 0 aliphatic heterocycles.